The predicted molar refractivity (Wildman–Crippen MR) is 73.8 cm³/mol. The minimum atomic E-state index is 0.553. The van der Waals surface area contributed by atoms with Gasteiger partial charge in [0.05, 0.1) is 0 Å². The summed E-state index contributed by atoms with van der Waals surface area (Å²) in [6.07, 6.45) is 2.37. The number of nitrogens with one attached hydrogen (secondary N) is 2. The fourth-order valence-electron chi connectivity index (χ4n) is 2.42. The van der Waals surface area contributed by atoms with Gasteiger partial charge in [-0.25, -0.2) is 0 Å². The zero-order valence-electron chi connectivity index (χ0n) is 11.0. The van der Waals surface area contributed by atoms with Gasteiger partial charge in [0.1, 0.15) is 0 Å². The number of anilines is 1. The Morgan fingerprint density at radius 1 is 1.32 bits per heavy atom. The van der Waals surface area contributed by atoms with Crippen LogP contribution in [0.1, 0.15) is 12.8 Å². The Kier molecular flexibility index (Phi) is 3.41. The monoisotopic (exact) mass is 258 g/mol. The first-order valence-corrected chi connectivity index (χ1v) is 6.60. The highest BCUT2D eigenvalue weighted by Gasteiger charge is 2.16. The van der Waals surface area contributed by atoms with E-state index in [4.69, 9.17) is 0 Å². The smallest absolute Gasteiger partial charge is 0.204 e. The molecule has 6 nitrogen and oxygen atoms in total. The predicted octanol–water partition coefficient (Wildman–Crippen LogP) is 1.37. The lowest BCUT2D eigenvalue weighted by atomic mass is 10.0. The van der Waals surface area contributed by atoms with E-state index in [9.17, 15) is 0 Å². The summed E-state index contributed by atoms with van der Waals surface area (Å²) < 4.78 is 0. The van der Waals surface area contributed by atoms with Gasteiger partial charge in [0.15, 0.2) is 0 Å². The molecule has 2 heterocycles. The molecule has 0 radical (unpaired) electrons. The number of hydrogen-bond donors (Lipinski definition) is 2. The Morgan fingerprint density at radius 2 is 2.16 bits per heavy atom. The zero-order valence-corrected chi connectivity index (χ0v) is 11.0. The van der Waals surface area contributed by atoms with Crippen LogP contribution in [-0.4, -0.2) is 51.7 Å². The second-order valence-electron chi connectivity index (χ2n) is 5.04. The molecule has 6 heteroatoms. The van der Waals surface area contributed by atoms with Gasteiger partial charge < -0.3 is 10.2 Å². The van der Waals surface area contributed by atoms with Crippen molar-refractivity contribution < 1.29 is 0 Å². The van der Waals surface area contributed by atoms with E-state index in [1.54, 1.807) is 0 Å². The van der Waals surface area contributed by atoms with Gasteiger partial charge in [-0.3, -0.25) is 0 Å². The van der Waals surface area contributed by atoms with Crippen molar-refractivity contribution >= 4 is 5.69 Å². The number of likely N-dealkylation sites (tertiary alicyclic amines) is 1. The van der Waals surface area contributed by atoms with Crippen molar-refractivity contribution in [1.29, 1.82) is 0 Å². The second-order valence-corrected chi connectivity index (χ2v) is 5.04. The number of hydrogen-bond acceptors (Lipinski definition) is 5. The van der Waals surface area contributed by atoms with Crippen molar-refractivity contribution in [2.24, 2.45) is 0 Å². The molecule has 100 valence electrons. The fraction of sp³-hybridized carbons (Fsp3) is 0.462. The van der Waals surface area contributed by atoms with Crippen LogP contribution in [0.4, 0.5) is 5.69 Å². The number of benzene rings is 1. The Morgan fingerprint density at radius 3 is 2.89 bits per heavy atom. The van der Waals surface area contributed by atoms with Gasteiger partial charge in [-0.15, -0.1) is 10.2 Å². The first-order chi connectivity index (χ1) is 9.31. The third-order valence-electron chi connectivity index (χ3n) is 3.56. The molecule has 1 saturated heterocycles. The highest BCUT2D eigenvalue weighted by Crippen LogP contribution is 2.21. The molecule has 2 N–H and O–H groups in total. The highest BCUT2D eigenvalue weighted by molar-refractivity contribution is 5.61. The molecule has 0 bridgehead atoms. The summed E-state index contributed by atoms with van der Waals surface area (Å²) in [6.45, 7) is 2.31. The molecule has 1 aromatic heterocycles. The lowest BCUT2D eigenvalue weighted by Gasteiger charge is -2.30. The normalized spacial score (nSPS) is 17.5. The Hall–Kier alpha value is -1.95. The third-order valence-corrected chi connectivity index (χ3v) is 3.56. The Balaban J connectivity index is 1.70. The average Bonchev–Trinajstić information content (AvgIpc) is 2.96. The van der Waals surface area contributed by atoms with E-state index < -0.39 is 0 Å². The highest BCUT2D eigenvalue weighted by atomic mass is 15.5. The summed E-state index contributed by atoms with van der Waals surface area (Å²) in [7, 11) is 2.17. The molecule has 1 aromatic carbocycles. The van der Waals surface area contributed by atoms with E-state index in [0.29, 0.717) is 11.9 Å². The Bertz CT molecular complexity index is 516. The van der Waals surface area contributed by atoms with E-state index in [1.807, 2.05) is 12.1 Å². The van der Waals surface area contributed by atoms with Crippen LogP contribution in [0.2, 0.25) is 0 Å². The molecule has 0 atom stereocenters. The Labute approximate surface area is 112 Å². The third kappa shape index (κ3) is 2.90. The molecule has 0 spiro atoms. The second kappa shape index (κ2) is 5.36. The van der Waals surface area contributed by atoms with E-state index in [2.05, 4.69) is 50.0 Å². The molecule has 1 aliphatic rings. The number of piperidine rings is 1. The van der Waals surface area contributed by atoms with Gasteiger partial charge in [0.2, 0.25) is 5.82 Å². The number of rotatable bonds is 3. The van der Waals surface area contributed by atoms with Crippen LogP contribution < -0.4 is 5.32 Å². The van der Waals surface area contributed by atoms with Crippen LogP contribution in [0.25, 0.3) is 11.4 Å². The molecule has 0 unspecified atom stereocenters. The topological polar surface area (TPSA) is 69.7 Å². The number of tetrazole rings is 1. The first kappa shape index (κ1) is 12.1. The molecule has 2 aromatic rings. The fourth-order valence-corrected chi connectivity index (χ4v) is 2.42. The van der Waals surface area contributed by atoms with E-state index in [-0.39, 0.29) is 0 Å². The van der Waals surface area contributed by atoms with Gasteiger partial charge in [-0.05, 0) is 50.3 Å². The van der Waals surface area contributed by atoms with Crippen molar-refractivity contribution in [3.63, 3.8) is 0 Å². The lowest BCUT2D eigenvalue weighted by molar-refractivity contribution is 0.264. The number of aromatic amines is 1. The quantitative estimate of drug-likeness (QED) is 0.870. The van der Waals surface area contributed by atoms with E-state index in [1.165, 1.54) is 12.8 Å². The summed E-state index contributed by atoms with van der Waals surface area (Å²) in [5, 5.41) is 17.7. The van der Waals surface area contributed by atoms with Crippen molar-refractivity contribution in [3.8, 4) is 11.4 Å². The standard InChI is InChI=1S/C13H18N6/c1-19-7-5-11(6-8-19)14-12-4-2-3-10(9-12)13-15-17-18-16-13/h2-4,9,11,14H,5-8H2,1H3,(H,15,16,17,18). The van der Waals surface area contributed by atoms with Gasteiger partial charge in [-0.1, -0.05) is 12.1 Å². The maximum Gasteiger partial charge on any atom is 0.204 e. The summed E-state index contributed by atoms with van der Waals surface area (Å²) in [4.78, 5) is 2.37. The lowest BCUT2D eigenvalue weighted by Crippen LogP contribution is -2.36. The molecule has 0 amide bonds. The first-order valence-electron chi connectivity index (χ1n) is 6.60. The van der Waals surface area contributed by atoms with Crippen LogP contribution in [0, 0.1) is 0 Å². The van der Waals surface area contributed by atoms with Gasteiger partial charge in [0, 0.05) is 17.3 Å². The number of H-pyrrole nitrogens is 1. The maximum absolute atomic E-state index is 4.00. The molecule has 19 heavy (non-hydrogen) atoms. The summed E-state index contributed by atoms with van der Waals surface area (Å²) in [5.74, 6) is 0.632. The van der Waals surface area contributed by atoms with Crippen LogP contribution >= 0.6 is 0 Å². The molecule has 0 aliphatic carbocycles. The molecule has 3 rings (SSSR count). The number of nitrogens with zero attached hydrogens (tertiary/aromatic N) is 4. The van der Waals surface area contributed by atoms with E-state index in [0.717, 1.165) is 24.3 Å². The van der Waals surface area contributed by atoms with Crippen molar-refractivity contribution in [3.05, 3.63) is 24.3 Å². The maximum atomic E-state index is 4.00. The minimum absolute atomic E-state index is 0.553. The van der Waals surface area contributed by atoms with Crippen LogP contribution in [0.5, 0.6) is 0 Å². The summed E-state index contributed by atoms with van der Waals surface area (Å²) in [6, 6.07) is 8.72. The summed E-state index contributed by atoms with van der Waals surface area (Å²) >= 11 is 0. The van der Waals surface area contributed by atoms with Crippen molar-refractivity contribution in [2.75, 3.05) is 25.5 Å². The van der Waals surface area contributed by atoms with Crippen LogP contribution in [-0.2, 0) is 0 Å². The van der Waals surface area contributed by atoms with Crippen LogP contribution in [0.15, 0.2) is 24.3 Å². The minimum Gasteiger partial charge on any atom is -0.382 e. The van der Waals surface area contributed by atoms with Gasteiger partial charge >= 0.3 is 0 Å². The molecular weight excluding hydrogens is 240 g/mol. The zero-order chi connectivity index (χ0) is 13.1. The van der Waals surface area contributed by atoms with Gasteiger partial charge in [0.25, 0.3) is 0 Å². The average molecular weight is 258 g/mol. The molecule has 0 saturated carbocycles. The van der Waals surface area contributed by atoms with E-state index >= 15 is 0 Å². The molecule has 1 fully saturated rings. The number of aromatic nitrogens is 4. The molecule has 1 aliphatic heterocycles. The SMILES string of the molecule is CN1CCC(Nc2cccc(-c3nn[nH]n3)c2)CC1. The largest absolute Gasteiger partial charge is 0.382 e. The van der Waals surface area contributed by atoms with Crippen molar-refractivity contribution in [1.82, 2.24) is 25.5 Å². The van der Waals surface area contributed by atoms with Gasteiger partial charge in [-0.2, -0.15) is 5.21 Å². The van der Waals surface area contributed by atoms with Crippen LogP contribution in [0.3, 0.4) is 0 Å². The van der Waals surface area contributed by atoms with Crippen molar-refractivity contribution in [2.45, 2.75) is 18.9 Å². The summed E-state index contributed by atoms with van der Waals surface area (Å²) in [5.41, 5.74) is 2.10. The molecular formula is C13H18N6.